The van der Waals surface area contributed by atoms with Gasteiger partial charge in [0.1, 0.15) is 17.6 Å². The molecular weight excluding hydrogens is 322 g/mol. The number of hydrogen-bond donors (Lipinski definition) is 2. The number of rotatable bonds is 3. The van der Waals surface area contributed by atoms with E-state index in [0.717, 1.165) is 11.5 Å². The molecule has 0 unspecified atom stereocenters. The average molecular weight is 337 g/mol. The lowest BCUT2D eigenvalue weighted by molar-refractivity contribution is 0.428. The maximum Gasteiger partial charge on any atom is 0.174 e. The summed E-state index contributed by atoms with van der Waals surface area (Å²) in [6.07, 6.45) is 3.39. The lowest BCUT2D eigenvalue weighted by Crippen LogP contribution is -2.29. The molecule has 1 aliphatic rings. The van der Waals surface area contributed by atoms with E-state index < -0.39 is 0 Å². The number of hydrogen-bond acceptors (Lipinski definition) is 4. The van der Waals surface area contributed by atoms with E-state index >= 15 is 0 Å². The Morgan fingerprint density at radius 1 is 1.08 bits per heavy atom. The monoisotopic (exact) mass is 337 g/mol. The molecule has 1 aliphatic heterocycles. The van der Waals surface area contributed by atoms with Crippen LogP contribution in [-0.4, -0.2) is 15.2 Å². The second-order valence-corrected chi connectivity index (χ2v) is 5.89. The second kappa shape index (κ2) is 5.98. The van der Waals surface area contributed by atoms with E-state index in [9.17, 15) is 5.11 Å². The molecule has 0 aliphatic carbocycles. The fourth-order valence-corrected chi connectivity index (χ4v) is 3.37. The zero-order chi connectivity index (χ0) is 16.5. The standard InChI is InChI=1S/C18H15N3O2S/c22-14-8-2-1-7-13(14)21-17(15-9-5-11-23-15)16(20-18(21)24)12-6-3-4-10-19-12/h1-11,16-17,22H,(H,20,24)/t16-,17-/m0/s1. The molecule has 0 spiro atoms. The smallest absolute Gasteiger partial charge is 0.174 e. The molecule has 3 aromatic rings. The largest absolute Gasteiger partial charge is 0.506 e. The number of nitrogens with zero attached hydrogens (tertiary/aromatic N) is 2. The minimum atomic E-state index is -0.240. The number of phenols is 1. The van der Waals surface area contributed by atoms with Crippen LogP contribution in [0.25, 0.3) is 0 Å². The fraction of sp³-hybridized carbons (Fsp3) is 0.111. The summed E-state index contributed by atoms with van der Waals surface area (Å²) < 4.78 is 5.66. The van der Waals surface area contributed by atoms with E-state index in [1.807, 2.05) is 47.4 Å². The minimum Gasteiger partial charge on any atom is -0.506 e. The summed E-state index contributed by atoms with van der Waals surface area (Å²) in [4.78, 5) is 6.33. The summed E-state index contributed by atoms with van der Waals surface area (Å²) in [6.45, 7) is 0. The van der Waals surface area contributed by atoms with Crippen LogP contribution in [0.4, 0.5) is 5.69 Å². The third kappa shape index (κ3) is 2.41. The van der Waals surface area contributed by atoms with Crippen LogP contribution in [0.15, 0.2) is 71.5 Å². The second-order valence-electron chi connectivity index (χ2n) is 5.50. The van der Waals surface area contributed by atoms with E-state index in [4.69, 9.17) is 16.6 Å². The quantitative estimate of drug-likeness (QED) is 0.713. The van der Waals surface area contributed by atoms with Gasteiger partial charge in [0.05, 0.1) is 23.7 Å². The molecule has 5 nitrogen and oxygen atoms in total. The van der Waals surface area contributed by atoms with Crippen molar-refractivity contribution in [2.45, 2.75) is 12.1 Å². The Bertz CT molecular complexity index is 852. The number of pyridine rings is 1. The Morgan fingerprint density at radius 2 is 1.92 bits per heavy atom. The minimum absolute atomic E-state index is 0.167. The summed E-state index contributed by atoms with van der Waals surface area (Å²) in [5.41, 5.74) is 1.49. The molecule has 4 rings (SSSR count). The first-order chi connectivity index (χ1) is 11.8. The zero-order valence-electron chi connectivity index (χ0n) is 12.7. The van der Waals surface area contributed by atoms with Crippen LogP contribution in [0.2, 0.25) is 0 Å². The van der Waals surface area contributed by atoms with Crippen molar-refractivity contribution in [3.8, 4) is 5.75 Å². The van der Waals surface area contributed by atoms with E-state index in [2.05, 4.69) is 10.3 Å². The van der Waals surface area contributed by atoms with Gasteiger partial charge in [-0.15, -0.1) is 0 Å². The topological polar surface area (TPSA) is 61.5 Å². The molecule has 0 bridgehead atoms. The van der Waals surface area contributed by atoms with Crippen molar-refractivity contribution in [3.05, 3.63) is 78.5 Å². The van der Waals surface area contributed by atoms with Crippen LogP contribution >= 0.6 is 12.2 Å². The van der Waals surface area contributed by atoms with Gasteiger partial charge in [-0.25, -0.2) is 0 Å². The highest BCUT2D eigenvalue weighted by Crippen LogP contribution is 2.43. The van der Waals surface area contributed by atoms with Gasteiger partial charge in [-0.1, -0.05) is 18.2 Å². The maximum absolute atomic E-state index is 10.3. The highest BCUT2D eigenvalue weighted by molar-refractivity contribution is 7.80. The number of phenolic OH excluding ortho intramolecular Hbond substituents is 1. The number of benzene rings is 1. The van der Waals surface area contributed by atoms with Crippen LogP contribution in [-0.2, 0) is 0 Å². The van der Waals surface area contributed by atoms with Crippen LogP contribution < -0.4 is 10.2 Å². The molecule has 0 radical (unpaired) electrons. The molecule has 120 valence electrons. The Kier molecular flexibility index (Phi) is 3.66. The normalized spacial score (nSPS) is 20.2. The molecular formula is C18H15N3O2S. The van der Waals surface area contributed by atoms with Crippen molar-refractivity contribution in [2.75, 3.05) is 4.90 Å². The van der Waals surface area contributed by atoms with Gasteiger partial charge < -0.3 is 19.7 Å². The highest BCUT2D eigenvalue weighted by Gasteiger charge is 2.42. The van der Waals surface area contributed by atoms with E-state index in [-0.39, 0.29) is 17.8 Å². The van der Waals surface area contributed by atoms with Gasteiger partial charge in [0.15, 0.2) is 5.11 Å². The third-order valence-corrected chi connectivity index (χ3v) is 4.39. The van der Waals surface area contributed by atoms with Gasteiger partial charge in [0, 0.05) is 6.20 Å². The molecule has 1 fully saturated rings. The van der Waals surface area contributed by atoms with Crippen LogP contribution in [0.3, 0.4) is 0 Å². The summed E-state index contributed by atoms with van der Waals surface area (Å²) in [6, 6.07) is 16.2. The number of para-hydroxylation sites is 2. The van der Waals surface area contributed by atoms with Crippen LogP contribution in [0.1, 0.15) is 23.5 Å². The summed E-state index contributed by atoms with van der Waals surface area (Å²) in [7, 11) is 0. The molecule has 1 saturated heterocycles. The van der Waals surface area contributed by atoms with Gasteiger partial charge in [0.2, 0.25) is 0 Å². The van der Waals surface area contributed by atoms with E-state index in [0.29, 0.717) is 10.8 Å². The summed E-state index contributed by atoms with van der Waals surface area (Å²) >= 11 is 5.54. The Balaban J connectivity index is 1.84. The first-order valence-corrected chi connectivity index (χ1v) is 7.98. The zero-order valence-corrected chi connectivity index (χ0v) is 13.5. The highest BCUT2D eigenvalue weighted by atomic mass is 32.1. The van der Waals surface area contributed by atoms with Crippen molar-refractivity contribution in [3.63, 3.8) is 0 Å². The summed E-state index contributed by atoms with van der Waals surface area (Å²) in [5.74, 6) is 0.918. The van der Waals surface area contributed by atoms with E-state index in [1.165, 1.54) is 0 Å². The number of aromatic nitrogens is 1. The Labute approximate surface area is 144 Å². The predicted molar refractivity (Wildman–Crippen MR) is 94.7 cm³/mol. The molecule has 0 saturated carbocycles. The number of furan rings is 1. The first-order valence-electron chi connectivity index (χ1n) is 7.58. The lowest BCUT2D eigenvalue weighted by Gasteiger charge is -2.26. The molecule has 3 heterocycles. The predicted octanol–water partition coefficient (Wildman–Crippen LogP) is 3.56. The molecule has 6 heteroatoms. The van der Waals surface area contributed by atoms with Crippen LogP contribution in [0, 0.1) is 0 Å². The molecule has 1 aromatic carbocycles. The van der Waals surface area contributed by atoms with Crippen molar-refractivity contribution >= 4 is 23.0 Å². The summed E-state index contributed by atoms with van der Waals surface area (Å²) in [5, 5.41) is 14.1. The maximum atomic E-state index is 10.3. The lowest BCUT2D eigenvalue weighted by atomic mass is 10.0. The van der Waals surface area contributed by atoms with Gasteiger partial charge in [-0.3, -0.25) is 4.98 Å². The number of nitrogens with one attached hydrogen (secondary N) is 1. The molecule has 0 amide bonds. The molecule has 2 N–H and O–H groups in total. The van der Waals surface area contributed by atoms with Crippen molar-refractivity contribution in [2.24, 2.45) is 0 Å². The fourth-order valence-electron chi connectivity index (χ4n) is 3.03. The molecule has 24 heavy (non-hydrogen) atoms. The van der Waals surface area contributed by atoms with Crippen molar-refractivity contribution in [1.82, 2.24) is 10.3 Å². The van der Waals surface area contributed by atoms with Crippen molar-refractivity contribution < 1.29 is 9.52 Å². The Morgan fingerprint density at radius 3 is 2.62 bits per heavy atom. The van der Waals surface area contributed by atoms with Gasteiger partial charge in [-0.2, -0.15) is 0 Å². The van der Waals surface area contributed by atoms with Crippen LogP contribution in [0.5, 0.6) is 5.75 Å². The van der Waals surface area contributed by atoms with Gasteiger partial charge >= 0.3 is 0 Å². The number of aromatic hydroxyl groups is 1. The van der Waals surface area contributed by atoms with Gasteiger partial charge in [-0.05, 0) is 48.6 Å². The number of thiocarbonyl (C=S) groups is 1. The molecule has 2 atom stereocenters. The number of anilines is 1. The van der Waals surface area contributed by atoms with Crippen molar-refractivity contribution in [1.29, 1.82) is 0 Å². The average Bonchev–Trinajstić information content (AvgIpc) is 3.24. The third-order valence-electron chi connectivity index (χ3n) is 4.07. The molecule has 2 aromatic heterocycles. The Hall–Kier alpha value is -2.86. The van der Waals surface area contributed by atoms with E-state index in [1.54, 1.807) is 24.6 Å². The SMILES string of the molecule is Oc1ccccc1N1C(=S)N[C@@H](c2ccccn2)[C@@H]1c1ccco1. The van der Waals surface area contributed by atoms with Gasteiger partial charge in [0.25, 0.3) is 0 Å². The first kappa shape index (κ1) is 14.7.